The maximum absolute atomic E-state index is 13.2. The molecule has 2 N–H and O–H groups in total. The summed E-state index contributed by atoms with van der Waals surface area (Å²) in [6.07, 6.45) is 0.691. The number of carbonyl (C=O) groups is 3. The fourth-order valence-electron chi connectivity index (χ4n) is 3.83. The SMILES string of the molecule is Cc1c(C(=O)Nc2ccccc2)sc2ncn(CC(=O)c3ccc4c(c3)NC(=O)C(C)O4)c(=O)c12. The summed E-state index contributed by atoms with van der Waals surface area (Å²) in [6, 6.07) is 13.8. The van der Waals surface area contributed by atoms with E-state index in [9.17, 15) is 19.2 Å². The van der Waals surface area contributed by atoms with Crippen LogP contribution in [0.5, 0.6) is 5.75 Å². The quantitative estimate of drug-likeness (QED) is 0.414. The number of aryl methyl sites for hydroxylation is 1. The van der Waals surface area contributed by atoms with Crippen LogP contribution >= 0.6 is 11.3 Å². The zero-order chi connectivity index (χ0) is 24.7. The topological polar surface area (TPSA) is 119 Å². The number of hydrogen-bond acceptors (Lipinski definition) is 7. The number of fused-ring (bicyclic) bond motifs is 2. The van der Waals surface area contributed by atoms with Gasteiger partial charge in [0.25, 0.3) is 17.4 Å². The molecule has 0 saturated carbocycles. The number of rotatable bonds is 5. The van der Waals surface area contributed by atoms with E-state index in [4.69, 9.17) is 4.74 Å². The minimum absolute atomic E-state index is 0.243. The molecule has 0 saturated heterocycles. The van der Waals surface area contributed by atoms with Crippen LogP contribution in [0.25, 0.3) is 10.2 Å². The van der Waals surface area contributed by atoms with Crippen molar-refractivity contribution in [2.45, 2.75) is 26.5 Å². The number of anilines is 2. The van der Waals surface area contributed by atoms with Crippen LogP contribution in [0.3, 0.4) is 0 Å². The van der Waals surface area contributed by atoms with Crippen LogP contribution in [0, 0.1) is 6.92 Å². The van der Waals surface area contributed by atoms with Gasteiger partial charge < -0.3 is 15.4 Å². The summed E-state index contributed by atoms with van der Waals surface area (Å²) < 4.78 is 6.74. The predicted molar refractivity (Wildman–Crippen MR) is 133 cm³/mol. The number of carbonyl (C=O) groups excluding carboxylic acids is 3. The Balaban J connectivity index is 1.41. The highest BCUT2D eigenvalue weighted by atomic mass is 32.1. The van der Waals surface area contributed by atoms with Gasteiger partial charge in [0.1, 0.15) is 10.6 Å². The number of para-hydroxylation sites is 1. The number of benzene rings is 2. The number of ether oxygens (including phenoxy) is 1. The van der Waals surface area contributed by atoms with E-state index in [-0.39, 0.29) is 24.1 Å². The summed E-state index contributed by atoms with van der Waals surface area (Å²) >= 11 is 1.13. The number of Topliss-reactive ketones (excluding diaryl/α,β-unsaturated/α-hetero) is 1. The number of nitrogens with zero attached hydrogens (tertiary/aromatic N) is 2. The molecule has 35 heavy (non-hydrogen) atoms. The molecule has 1 atom stereocenters. The lowest BCUT2D eigenvalue weighted by Crippen LogP contribution is -2.34. The first-order valence-corrected chi connectivity index (χ1v) is 11.6. The van der Waals surface area contributed by atoms with Crippen molar-refractivity contribution in [1.29, 1.82) is 0 Å². The van der Waals surface area contributed by atoms with Crippen molar-refractivity contribution in [3.05, 3.63) is 81.2 Å². The van der Waals surface area contributed by atoms with Gasteiger partial charge in [-0.25, -0.2) is 4.98 Å². The normalized spacial score (nSPS) is 14.7. The van der Waals surface area contributed by atoms with Crippen molar-refractivity contribution in [2.75, 3.05) is 10.6 Å². The first-order valence-electron chi connectivity index (χ1n) is 10.8. The number of ketones is 1. The van der Waals surface area contributed by atoms with E-state index in [0.29, 0.717) is 43.3 Å². The third-order valence-corrected chi connectivity index (χ3v) is 6.90. The molecule has 0 aliphatic carbocycles. The molecule has 0 radical (unpaired) electrons. The summed E-state index contributed by atoms with van der Waals surface area (Å²) in [6.45, 7) is 3.09. The summed E-state index contributed by atoms with van der Waals surface area (Å²) in [7, 11) is 0. The Labute approximate surface area is 203 Å². The Morgan fingerprint density at radius 2 is 1.94 bits per heavy atom. The summed E-state index contributed by atoms with van der Waals surface area (Å²) in [5, 5.41) is 5.84. The first kappa shape index (κ1) is 22.5. The second-order valence-electron chi connectivity index (χ2n) is 8.12. The van der Waals surface area contributed by atoms with Crippen molar-refractivity contribution in [1.82, 2.24) is 9.55 Å². The molecule has 0 bridgehead atoms. The van der Waals surface area contributed by atoms with Gasteiger partial charge in [0.2, 0.25) is 0 Å². The zero-order valence-electron chi connectivity index (χ0n) is 18.8. The van der Waals surface area contributed by atoms with E-state index in [1.807, 2.05) is 18.2 Å². The molecule has 2 amide bonds. The summed E-state index contributed by atoms with van der Waals surface area (Å²) in [4.78, 5) is 55.9. The first-order chi connectivity index (χ1) is 16.8. The van der Waals surface area contributed by atoms with Gasteiger partial charge in [-0.05, 0) is 49.7 Å². The van der Waals surface area contributed by atoms with E-state index in [1.165, 1.54) is 17.0 Å². The largest absolute Gasteiger partial charge is 0.479 e. The molecule has 9 nitrogen and oxygen atoms in total. The van der Waals surface area contributed by atoms with Crippen LogP contribution in [0.2, 0.25) is 0 Å². The zero-order valence-corrected chi connectivity index (χ0v) is 19.6. The van der Waals surface area contributed by atoms with E-state index < -0.39 is 11.7 Å². The van der Waals surface area contributed by atoms with Gasteiger partial charge in [0.05, 0.1) is 28.8 Å². The number of aromatic nitrogens is 2. The van der Waals surface area contributed by atoms with Crippen LogP contribution in [0.1, 0.15) is 32.5 Å². The third kappa shape index (κ3) is 4.19. The second kappa shape index (κ2) is 8.80. The lowest BCUT2D eigenvalue weighted by atomic mass is 10.1. The van der Waals surface area contributed by atoms with Gasteiger partial charge in [-0.2, -0.15) is 0 Å². The van der Waals surface area contributed by atoms with Gasteiger partial charge >= 0.3 is 0 Å². The summed E-state index contributed by atoms with van der Waals surface area (Å²) in [5.74, 6) is -0.484. The van der Waals surface area contributed by atoms with Crippen LogP contribution < -0.4 is 20.9 Å². The lowest BCUT2D eigenvalue weighted by Gasteiger charge is -2.23. The van der Waals surface area contributed by atoms with Crippen molar-refractivity contribution in [3.8, 4) is 5.75 Å². The predicted octanol–water partition coefficient (Wildman–Crippen LogP) is 3.62. The molecule has 2 aromatic carbocycles. The van der Waals surface area contributed by atoms with Crippen LogP contribution in [0.4, 0.5) is 11.4 Å². The monoisotopic (exact) mass is 488 g/mol. The minimum atomic E-state index is -0.617. The Hall–Kier alpha value is -4.31. The molecule has 4 aromatic rings. The molecule has 0 spiro atoms. The molecular formula is C25H20N4O5S. The van der Waals surface area contributed by atoms with Crippen molar-refractivity contribution in [3.63, 3.8) is 0 Å². The van der Waals surface area contributed by atoms with Gasteiger partial charge in [-0.3, -0.25) is 23.7 Å². The summed E-state index contributed by atoms with van der Waals surface area (Å²) in [5.41, 5.74) is 1.48. The number of thiophene rings is 1. The number of hydrogen-bond donors (Lipinski definition) is 2. The lowest BCUT2D eigenvalue weighted by molar-refractivity contribution is -0.122. The van der Waals surface area contributed by atoms with Crippen molar-refractivity contribution in [2.24, 2.45) is 0 Å². The van der Waals surface area contributed by atoms with Crippen molar-refractivity contribution >= 4 is 50.5 Å². The van der Waals surface area contributed by atoms with Gasteiger partial charge in [0, 0.05) is 11.3 Å². The molecule has 2 aromatic heterocycles. The molecular weight excluding hydrogens is 468 g/mol. The van der Waals surface area contributed by atoms with Crippen molar-refractivity contribution < 1.29 is 19.1 Å². The molecule has 5 rings (SSSR count). The highest BCUT2D eigenvalue weighted by molar-refractivity contribution is 7.20. The van der Waals surface area contributed by atoms with E-state index in [1.54, 1.807) is 38.1 Å². The Morgan fingerprint density at radius 1 is 1.17 bits per heavy atom. The van der Waals surface area contributed by atoms with Gasteiger partial charge in [0.15, 0.2) is 11.9 Å². The van der Waals surface area contributed by atoms with E-state index in [2.05, 4.69) is 15.6 Å². The Morgan fingerprint density at radius 3 is 2.71 bits per heavy atom. The average molecular weight is 489 g/mol. The fourth-order valence-corrected chi connectivity index (χ4v) is 4.86. The van der Waals surface area contributed by atoms with Crippen LogP contribution in [-0.4, -0.2) is 33.3 Å². The second-order valence-corrected chi connectivity index (χ2v) is 9.12. The molecule has 176 valence electrons. The number of amides is 2. The van der Waals surface area contributed by atoms with Gasteiger partial charge in [-0.1, -0.05) is 18.2 Å². The van der Waals surface area contributed by atoms with E-state index in [0.717, 1.165) is 11.3 Å². The highest BCUT2D eigenvalue weighted by Gasteiger charge is 2.25. The Kier molecular flexibility index (Phi) is 5.65. The molecule has 0 fully saturated rings. The molecule has 1 unspecified atom stereocenters. The molecule has 3 heterocycles. The maximum atomic E-state index is 13.2. The van der Waals surface area contributed by atoms with E-state index >= 15 is 0 Å². The maximum Gasteiger partial charge on any atom is 0.266 e. The third-order valence-electron chi connectivity index (χ3n) is 5.70. The molecule has 1 aliphatic rings. The smallest absolute Gasteiger partial charge is 0.266 e. The minimum Gasteiger partial charge on any atom is -0.479 e. The molecule has 10 heteroatoms. The molecule has 1 aliphatic heterocycles. The van der Waals surface area contributed by atoms with Crippen LogP contribution in [-0.2, 0) is 11.3 Å². The van der Waals surface area contributed by atoms with Gasteiger partial charge in [-0.15, -0.1) is 11.3 Å². The highest BCUT2D eigenvalue weighted by Crippen LogP contribution is 2.31. The average Bonchev–Trinajstić information content (AvgIpc) is 3.19. The fraction of sp³-hybridized carbons (Fsp3) is 0.160. The van der Waals surface area contributed by atoms with Crippen LogP contribution in [0.15, 0.2) is 59.7 Å². The number of nitrogens with one attached hydrogen (secondary N) is 2. The standard InChI is InChI=1S/C25H20N4O5S/c1-13-20-24(35-21(13)23(32)27-16-6-4-3-5-7-16)26-12-29(25(20)33)11-18(30)15-8-9-19-17(10-15)28-22(31)14(2)34-19/h3-10,12,14H,11H2,1-2H3,(H,27,32)(H,28,31). The Bertz CT molecular complexity index is 1560.